The van der Waals surface area contributed by atoms with E-state index in [1.807, 2.05) is 55.5 Å². The molecule has 5 aromatic rings. The molecule has 0 atom stereocenters. The minimum atomic E-state index is -0.543. The lowest BCUT2D eigenvalue weighted by molar-refractivity contribution is 0.304. The molecule has 0 saturated heterocycles. The Bertz CT molecular complexity index is 1530. The highest BCUT2D eigenvalue weighted by Gasteiger charge is 2.16. The molecule has 0 unspecified atom stereocenters. The van der Waals surface area contributed by atoms with Crippen LogP contribution in [-0.2, 0) is 6.61 Å². The van der Waals surface area contributed by atoms with Crippen LogP contribution in [0.1, 0.15) is 11.1 Å². The Kier molecular flexibility index (Phi) is 4.64. The van der Waals surface area contributed by atoms with Crippen LogP contribution in [0.2, 0.25) is 0 Å². The number of rotatable bonds is 4. The van der Waals surface area contributed by atoms with Crippen molar-refractivity contribution in [3.05, 3.63) is 111 Å². The van der Waals surface area contributed by atoms with E-state index in [1.54, 1.807) is 24.3 Å². The number of benzene rings is 3. The van der Waals surface area contributed by atoms with Crippen LogP contribution in [-0.4, -0.2) is 0 Å². The molecule has 0 saturated carbocycles. The Morgan fingerprint density at radius 3 is 2.42 bits per heavy atom. The maximum absolute atomic E-state index is 12.7. The summed E-state index contributed by atoms with van der Waals surface area (Å²) in [6.07, 6.45) is 0. The highest BCUT2D eigenvalue weighted by molar-refractivity contribution is 5.96. The number of hydrogen-bond donors (Lipinski definition) is 0. The topological polar surface area (TPSA) is 69.7 Å². The standard InChI is InChI=1S/C26H18O5/c1-16-22(29-15-17-7-3-2-4-8-17)12-11-19-20(14-24(27)31-25(16)19)21-13-18-9-5-6-10-23(18)30-26(21)28/h2-14H,15H2,1H3. The van der Waals surface area contributed by atoms with Gasteiger partial charge in [0.1, 0.15) is 23.5 Å². The van der Waals surface area contributed by atoms with Crippen molar-refractivity contribution >= 4 is 21.9 Å². The van der Waals surface area contributed by atoms with Gasteiger partial charge in [-0.15, -0.1) is 0 Å². The Balaban J connectivity index is 1.64. The zero-order valence-electron chi connectivity index (χ0n) is 16.8. The predicted octanol–water partition coefficient (Wildman–Crippen LogP) is 5.45. The molecule has 2 heterocycles. The Morgan fingerprint density at radius 1 is 0.806 bits per heavy atom. The molecule has 152 valence electrons. The second-order valence-electron chi connectivity index (χ2n) is 7.30. The average molecular weight is 410 g/mol. The van der Waals surface area contributed by atoms with Gasteiger partial charge in [0.05, 0.1) is 5.56 Å². The summed E-state index contributed by atoms with van der Waals surface area (Å²) < 4.78 is 16.9. The van der Waals surface area contributed by atoms with E-state index < -0.39 is 11.3 Å². The Labute approximate surface area is 177 Å². The van der Waals surface area contributed by atoms with Gasteiger partial charge in [-0.3, -0.25) is 0 Å². The Hall–Kier alpha value is -4.12. The number of para-hydroxylation sites is 1. The van der Waals surface area contributed by atoms with Crippen molar-refractivity contribution in [3.8, 4) is 16.9 Å². The van der Waals surface area contributed by atoms with Crippen molar-refractivity contribution in [2.45, 2.75) is 13.5 Å². The normalized spacial score (nSPS) is 11.1. The molecular formula is C26H18O5. The van der Waals surface area contributed by atoms with E-state index in [1.165, 1.54) is 6.07 Å². The van der Waals surface area contributed by atoms with Crippen LogP contribution in [0.5, 0.6) is 5.75 Å². The Morgan fingerprint density at radius 2 is 1.58 bits per heavy atom. The van der Waals surface area contributed by atoms with Gasteiger partial charge in [-0.2, -0.15) is 0 Å². The van der Waals surface area contributed by atoms with E-state index in [-0.39, 0.29) is 0 Å². The maximum Gasteiger partial charge on any atom is 0.344 e. The van der Waals surface area contributed by atoms with Crippen molar-refractivity contribution in [2.24, 2.45) is 0 Å². The second kappa shape index (κ2) is 7.61. The molecule has 5 heteroatoms. The zero-order valence-corrected chi connectivity index (χ0v) is 16.8. The molecule has 0 spiro atoms. The van der Waals surface area contributed by atoms with Gasteiger partial charge < -0.3 is 13.6 Å². The number of aryl methyl sites for hydroxylation is 1. The molecule has 2 aromatic heterocycles. The third-order valence-electron chi connectivity index (χ3n) is 5.28. The van der Waals surface area contributed by atoms with Gasteiger partial charge in [0.15, 0.2) is 0 Å². The van der Waals surface area contributed by atoms with Crippen molar-refractivity contribution in [2.75, 3.05) is 0 Å². The summed E-state index contributed by atoms with van der Waals surface area (Å²) in [5, 5.41) is 1.42. The fraction of sp³-hybridized carbons (Fsp3) is 0.0769. The molecular weight excluding hydrogens is 392 g/mol. The molecule has 5 nitrogen and oxygen atoms in total. The average Bonchev–Trinajstić information content (AvgIpc) is 2.79. The summed E-state index contributed by atoms with van der Waals surface area (Å²) >= 11 is 0. The fourth-order valence-corrected chi connectivity index (χ4v) is 3.71. The first kappa shape index (κ1) is 18.9. The molecule has 0 aliphatic rings. The van der Waals surface area contributed by atoms with Crippen LogP contribution in [0.3, 0.4) is 0 Å². The van der Waals surface area contributed by atoms with E-state index in [0.29, 0.717) is 45.6 Å². The number of ether oxygens (including phenoxy) is 1. The minimum Gasteiger partial charge on any atom is -0.488 e. The van der Waals surface area contributed by atoms with E-state index in [2.05, 4.69) is 0 Å². The molecule has 31 heavy (non-hydrogen) atoms. The van der Waals surface area contributed by atoms with Gasteiger partial charge in [0.2, 0.25) is 0 Å². The quantitative estimate of drug-likeness (QED) is 0.368. The van der Waals surface area contributed by atoms with Gasteiger partial charge in [-0.1, -0.05) is 48.5 Å². The van der Waals surface area contributed by atoms with Crippen molar-refractivity contribution < 1.29 is 13.6 Å². The lowest BCUT2D eigenvalue weighted by Crippen LogP contribution is -2.07. The van der Waals surface area contributed by atoms with Gasteiger partial charge in [0.25, 0.3) is 0 Å². The SMILES string of the molecule is Cc1c(OCc2ccccc2)ccc2c(-c3cc4ccccc4oc3=O)cc(=O)oc12. The minimum absolute atomic E-state index is 0.314. The van der Waals surface area contributed by atoms with Crippen molar-refractivity contribution in [1.82, 2.24) is 0 Å². The van der Waals surface area contributed by atoms with Crippen LogP contribution < -0.4 is 16.0 Å². The molecule has 0 N–H and O–H groups in total. The molecule has 3 aromatic carbocycles. The van der Waals surface area contributed by atoms with Gasteiger partial charge in [-0.05, 0) is 36.8 Å². The maximum atomic E-state index is 12.7. The predicted molar refractivity (Wildman–Crippen MR) is 119 cm³/mol. The third-order valence-corrected chi connectivity index (χ3v) is 5.28. The van der Waals surface area contributed by atoms with Crippen LogP contribution in [0.15, 0.2) is 97.3 Å². The summed E-state index contributed by atoms with van der Waals surface area (Å²) in [5.41, 5.74) is 2.35. The molecule has 0 radical (unpaired) electrons. The molecule has 0 aliphatic heterocycles. The summed E-state index contributed by atoms with van der Waals surface area (Å²) in [6, 6.07) is 23.8. The first-order valence-corrected chi connectivity index (χ1v) is 9.87. The highest BCUT2D eigenvalue weighted by Crippen LogP contribution is 2.33. The second-order valence-corrected chi connectivity index (χ2v) is 7.30. The van der Waals surface area contributed by atoms with Crippen LogP contribution in [0.25, 0.3) is 33.1 Å². The van der Waals surface area contributed by atoms with E-state index in [4.69, 9.17) is 13.6 Å². The lowest BCUT2D eigenvalue weighted by Gasteiger charge is -2.12. The largest absolute Gasteiger partial charge is 0.488 e. The molecule has 0 aliphatic carbocycles. The summed E-state index contributed by atoms with van der Waals surface area (Å²) in [7, 11) is 0. The van der Waals surface area contributed by atoms with Crippen molar-refractivity contribution in [3.63, 3.8) is 0 Å². The number of fused-ring (bicyclic) bond motifs is 2. The summed E-state index contributed by atoms with van der Waals surface area (Å²) in [6.45, 7) is 2.23. The van der Waals surface area contributed by atoms with Gasteiger partial charge >= 0.3 is 11.3 Å². The smallest absolute Gasteiger partial charge is 0.344 e. The first-order valence-electron chi connectivity index (χ1n) is 9.87. The fourth-order valence-electron chi connectivity index (χ4n) is 3.71. The number of hydrogen-bond acceptors (Lipinski definition) is 5. The van der Waals surface area contributed by atoms with Crippen molar-refractivity contribution in [1.29, 1.82) is 0 Å². The van der Waals surface area contributed by atoms with E-state index in [0.717, 1.165) is 10.9 Å². The lowest BCUT2D eigenvalue weighted by atomic mass is 10.0. The first-order chi connectivity index (χ1) is 15.1. The molecule has 0 fully saturated rings. The summed E-state index contributed by atoms with van der Waals surface area (Å²) in [5.74, 6) is 0.613. The highest BCUT2D eigenvalue weighted by atomic mass is 16.5. The monoisotopic (exact) mass is 410 g/mol. The van der Waals surface area contributed by atoms with Crippen LogP contribution >= 0.6 is 0 Å². The molecule has 5 rings (SSSR count). The zero-order chi connectivity index (χ0) is 21.4. The van der Waals surface area contributed by atoms with Crippen LogP contribution in [0, 0.1) is 6.92 Å². The molecule has 0 bridgehead atoms. The van der Waals surface area contributed by atoms with Gasteiger partial charge in [0, 0.05) is 28.0 Å². The van der Waals surface area contributed by atoms with Crippen LogP contribution in [0.4, 0.5) is 0 Å². The van der Waals surface area contributed by atoms with E-state index in [9.17, 15) is 9.59 Å². The van der Waals surface area contributed by atoms with E-state index >= 15 is 0 Å². The molecule has 0 amide bonds. The van der Waals surface area contributed by atoms with Gasteiger partial charge in [-0.25, -0.2) is 9.59 Å². The summed E-state index contributed by atoms with van der Waals surface area (Å²) in [4.78, 5) is 25.0. The third kappa shape index (κ3) is 3.51.